The quantitative estimate of drug-likeness (QED) is 0.675. The molecular weight excluding hydrogens is 274 g/mol. The number of nitrogens with zero attached hydrogens (tertiary/aromatic N) is 5. The number of hydrogen-bond acceptors (Lipinski definition) is 6. The van der Waals surface area contributed by atoms with Crippen LogP contribution in [0.5, 0.6) is 0 Å². The van der Waals surface area contributed by atoms with Crippen molar-refractivity contribution in [1.29, 1.82) is 0 Å². The zero-order valence-electron chi connectivity index (χ0n) is 12.4. The van der Waals surface area contributed by atoms with Crippen LogP contribution in [0.3, 0.4) is 0 Å². The maximum absolute atomic E-state index is 11.1. The second-order valence-corrected chi connectivity index (χ2v) is 5.48. The van der Waals surface area contributed by atoms with Gasteiger partial charge in [-0.05, 0) is 27.7 Å². The topological polar surface area (TPSA) is 107 Å². The van der Waals surface area contributed by atoms with Crippen LogP contribution in [-0.2, 0) is 12.1 Å². The van der Waals surface area contributed by atoms with Crippen molar-refractivity contribution in [3.05, 3.63) is 45.0 Å². The smallest absolute Gasteiger partial charge is 0.278 e. The van der Waals surface area contributed by atoms with E-state index >= 15 is 0 Å². The highest BCUT2D eigenvalue weighted by atomic mass is 16.6. The third-order valence-corrected chi connectivity index (χ3v) is 3.24. The van der Waals surface area contributed by atoms with E-state index in [1.807, 2.05) is 0 Å². The Balaban J connectivity index is 2.34. The lowest BCUT2D eigenvalue weighted by Gasteiger charge is -2.12. The standard InChI is InChI=1S/C13H17N5O3/c1-8-5-14-10(9(2)12(8)18(20)21)6-17-7-11(15-16-17)13(3,4)19/h5,7,19H,6H2,1-4H3. The van der Waals surface area contributed by atoms with Gasteiger partial charge >= 0.3 is 0 Å². The minimum atomic E-state index is -1.08. The Morgan fingerprint density at radius 1 is 1.43 bits per heavy atom. The van der Waals surface area contributed by atoms with Gasteiger partial charge in [0.15, 0.2) is 0 Å². The summed E-state index contributed by atoms with van der Waals surface area (Å²) in [7, 11) is 0. The number of aryl methyl sites for hydroxylation is 1. The largest absolute Gasteiger partial charge is 0.384 e. The highest BCUT2D eigenvalue weighted by molar-refractivity contribution is 5.47. The summed E-state index contributed by atoms with van der Waals surface area (Å²) in [5, 5.41) is 28.8. The van der Waals surface area contributed by atoms with Crippen molar-refractivity contribution in [2.24, 2.45) is 0 Å². The van der Waals surface area contributed by atoms with Crippen LogP contribution in [0.15, 0.2) is 12.4 Å². The van der Waals surface area contributed by atoms with E-state index in [1.54, 1.807) is 33.9 Å². The van der Waals surface area contributed by atoms with E-state index < -0.39 is 10.5 Å². The van der Waals surface area contributed by atoms with Crippen molar-refractivity contribution in [2.45, 2.75) is 39.8 Å². The Hall–Kier alpha value is -2.35. The molecule has 8 heteroatoms. The Bertz CT molecular complexity index is 688. The molecule has 0 saturated heterocycles. The fourth-order valence-electron chi connectivity index (χ4n) is 2.01. The molecule has 112 valence electrons. The summed E-state index contributed by atoms with van der Waals surface area (Å²) in [4.78, 5) is 14.9. The van der Waals surface area contributed by atoms with Gasteiger partial charge in [0.05, 0.1) is 28.9 Å². The maximum atomic E-state index is 11.1. The van der Waals surface area contributed by atoms with Gasteiger partial charge in [0, 0.05) is 11.8 Å². The molecule has 0 aliphatic heterocycles. The van der Waals surface area contributed by atoms with Crippen molar-refractivity contribution in [2.75, 3.05) is 0 Å². The molecule has 0 aromatic carbocycles. The lowest BCUT2D eigenvalue weighted by molar-refractivity contribution is -0.386. The number of nitro groups is 1. The van der Waals surface area contributed by atoms with E-state index in [0.717, 1.165) is 0 Å². The van der Waals surface area contributed by atoms with Crippen molar-refractivity contribution in [3.8, 4) is 0 Å². The van der Waals surface area contributed by atoms with E-state index in [-0.39, 0.29) is 12.2 Å². The molecule has 0 aliphatic carbocycles. The first-order chi connectivity index (χ1) is 9.70. The minimum Gasteiger partial charge on any atom is -0.384 e. The summed E-state index contributed by atoms with van der Waals surface area (Å²) in [6, 6.07) is 0. The highest BCUT2D eigenvalue weighted by Gasteiger charge is 2.22. The molecule has 0 saturated carbocycles. The van der Waals surface area contributed by atoms with Crippen molar-refractivity contribution in [3.63, 3.8) is 0 Å². The van der Waals surface area contributed by atoms with Crippen molar-refractivity contribution in [1.82, 2.24) is 20.0 Å². The second kappa shape index (κ2) is 5.21. The summed E-state index contributed by atoms with van der Waals surface area (Å²) in [5.74, 6) is 0. The molecule has 2 aromatic rings. The maximum Gasteiger partial charge on any atom is 0.278 e. The average molecular weight is 291 g/mol. The van der Waals surface area contributed by atoms with E-state index in [4.69, 9.17) is 0 Å². The molecule has 0 fully saturated rings. The van der Waals surface area contributed by atoms with Crippen LogP contribution in [-0.4, -0.2) is 30.0 Å². The van der Waals surface area contributed by atoms with E-state index in [1.165, 1.54) is 10.9 Å². The molecule has 8 nitrogen and oxygen atoms in total. The van der Waals surface area contributed by atoms with Gasteiger partial charge in [0.2, 0.25) is 0 Å². The summed E-state index contributed by atoms with van der Waals surface area (Å²) < 4.78 is 1.50. The molecule has 0 spiro atoms. The van der Waals surface area contributed by atoms with Gasteiger partial charge in [-0.2, -0.15) is 0 Å². The Morgan fingerprint density at radius 2 is 2.10 bits per heavy atom. The predicted molar refractivity (Wildman–Crippen MR) is 74.7 cm³/mol. The first-order valence-corrected chi connectivity index (χ1v) is 6.42. The fourth-order valence-corrected chi connectivity index (χ4v) is 2.01. The molecule has 1 N–H and O–H groups in total. The second-order valence-electron chi connectivity index (χ2n) is 5.48. The van der Waals surface area contributed by atoms with Gasteiger partial charge < -0.3 is 5.11 Å². The van der Waals surface area contributed by atoms with Gasteiger partial charge in [0.25, 0.3) is 5.69 Å². The van der Waals surface area contributed by atoms with Crippen LogP contribution in [0, 0.1) is 24.0 Å². The molecule has 0 unspecified atom stereocenters. The number of pyridine rings is 1. The fraction of sp³-hybridized carbons (Fsp3) is 0.462. The number of aromatic nitrogens is 4. The monoisotopic (exact) mass is 291 g/mol. The van der Waals surface area contributed by atoms with Crippen LogP contribution < -0.4 is 0 Å². The molecule has 2 aromatic heterocycles. The summed E-state index contributed by atoms with van der Waals surface area (Å²) in [5.41, 5.74) is 1.02. The van der Waals surface area contributed by atoms with Crippen LogP contribution in [0.4, 0.5) is 5.69 Å². The number of aliphatic hydroxyl groups is 1. The summed E-state index contributed by atoms with van der Waals surface area (Å²) in [6.07, 6.45) is 3.08. The normalized spacial score (nSPS) is 11.7. The summed E-state index contributed by atoms with van der Waals surface area (Å²) >= 11 is 0. The van der Waals surface area contributed by atoms with Crippen molar-refractivity contribution >= 4 is 5.69 Å². The molecule has 0 radical (unpaired) electrons. The molecule has 21 heavy (non-hydrogen) atoms. The highest BCUT2D eigenvalue weighted by Crippen LogP contribution is 2.24. The molecule has 2 heterocycles. The molecule has 0 bridgehead atoms. The minimum absolute atomic E-state index is 0.0721. The van der Waals surface area contributed by atoms with Gasteiger partial charge in [-0.1, -0.05) is 5.21 Å². The van der Waals surface area contributed by atoms with Crippen LogP contribution in [0.2, 0.25) is 0 Å². The zero-order chi connectivity index (χ0) is 15.8. The third-order valence-electron chi connectivity index (χ3n) is 3.24. The van der Waals surface area contributed by atoms with E-state index in [2.05, 4.69) is 15.3 Å². The lowest BCUT2D eigenvalue weighted by Crippen LogP contribution is -2.15. The molecule has 0 amide bonds. The average Bonchev–Trinajstić information content (AvgIpc) is 2.81. The zero-order valence-corrected chi connectivity index (χ0v) is 12.4. The Labute approximate surface area is 121 Å². The lowest BCUT2D eigenvalue weighted by atomic mass is 10.1. The third kappa shape index (κ3) is 3.05. The van der Waals surface area contributed by atoms with E-state index in [9.17, 15) is 15.2 Å². The van der Waals surface area contributed by atoms with Crippen LogP contribution in [0.25, 0.3) is 0 Å². The predicted octanol–water partition coefficient (Wildman–Crippen LogP) is 1.47. The van der Waals surface area contributed by atoms with Gasteiger partial charge in [-0.15, -0.1) is 5.10 Å². The van der Waals surface area contributed by atoms with E-state index in [0.29, 0.717) is 22.5 Å². The molecular formula is C13H17N5O3. The Kier molecular flexibility index (Phi) is 3.73. The Morgan fingerprint density at radius 3 is 2.62 bits per heavy atom. The SMILES string of the molecule is Cc1cnc(Cn2cc(C(C)(C)O)nn2)c(C)c1[N+](=O)[O-]. The molecule has 0 atom stereocenters. The molecule has 0 aliphatic rings. The van der Waals surface area contributed by atoms with Gasteiger partial charge in [0.1, 0.15) is 11.3 Å². The first-order valence-electron chi connectivity index (χ1n) is 6.42. The summed E-state index contributed by atoms with van der Waals surface area (Å²) in [6.45, 7) is 6.81. The van der Waals surface area contributed by atoms with Gasteiger partial charge in [-0.3, -0.25) is 15.1 Å². The number of hydrogen-bond donors (Lipinski definition) is 1. The first kappa shape index (κ1) is 15.0. The van der Waals surface area contributed by atoms with Gasteiger partial charge in [-0.25, -0.2) is 4.68 Å². The van der Waals surface area contributed by atoms with Crippen molar-refractivity contribution < 1.29 is 10.0 Å². The van der Waals surface area contributed by atoms with Crippen LogP contribution >= 0.6 is 0 Å². The number of rotatable bonds is 4. The van der Waals surface area contributed by atoms with Crippen LogP contribution in [0.1, 0.15) is 36.4 Å². The molecule has 2 rings (SSSR count).